The molecular weight excluding hydrogens is 380 g/mol. The van der Waals surface area contributed by atoms with Crippen molar-refractivity contribution >= 4 is 34.0 Å². The molecule has 154 valence electrons. The molecule has 0 aliphatic carbocycles. The summed E-state index contributed by atoms with van der Waals surface area (Å²) in [5, 5.41) is 0. The first kappa shape index (κ1) is 19.8. The SMILES string of the molecule is COCC(C)OC(=O)c1c(N)n(CCc2ccccc2)c2nc3ccccc3nc12. The lowest BCUT2D eigenvalue weighted by atomic mass is 10.1. The summed E-state index contributed by atoms with van der Waals surface area (Å²) in [6.07, 6.45) is 0.343. The van der Waals surface area contributed by atoms with Crippen molar-refractivity contribution in [1.82, 2.24) is 14.5 Å². The molecule has 0 aliphatic heterocycles. The van der Waals surface area contributed by atoms with E-state index in [1.807, 2.05) is 47.0 Å². The molecule has 0 radical (unpaired) electrons. The van der Waals surface area contributed by atoms with Gasteiger partial charge in [0, 0.05) is 13.7 Å². The number of aryl methyl sites for hydroxylation is 2. The minimum absolute atomic E-state index is 0.249. The molecule has 7 nitrogen and oxygen atoms in total. The molecule has 2 aromatic carbocycles. The van der Waals surface area contributed by atoms with Gasteiger partial charge in [0.2, 0.25) is 0 Å². The molecule has 30 heavy (non-hydrogen) atoms. The number of rotatable bonds is 7. The summed E-state index contributed by atoms with van der Waals surface area (Å²) in [7, 11) is 1.56. The van der Waals surface area contributed by atoms with Gasteiger partial charge in [0.05, 0.1) is 17.6 Å². The van der Waals surface area contributed by atoms with Gasteiger partial charge in [0.1, 0.15) is 23.0 Å². The number of hydrogen-bond donors (Lipinski definition) is 1. The fraction of sp³-hybridized carbons (Fsp3) is 0.261. The van der Waals surface area contributed by atoms with Crippen LogP contribution in [0.3, 0.4) is 0 Å². The van der Waals surface area contributed by atoms with Crippen molar-refractivity contribution in [3.63, 3.8) is 0 Å². The van der Waals surface area contributed by atoms with Gasteiger partial charge in [-0.05, 0) is 31.0 Å². The Kier molecular flexibility index (Phi) is 5.63. The van der Waals surface area contributed by atoms with Crippen LogP contribution in [0.15, 0.2) is 54.6 Å². The number of ether oxygens (including phenoxy) is 2. The number of hydrogen-bond acceptors (Lipinski definition) is 6. The monoisotopic (exact) mass is 404 g/mol. The molecule has 1 unspecified atom stereocenters. The molecule has 0 saturated heterocycles. The average molecular weight is 404 g/mol. The van der Waals surface area contributed by atoms with Gasteiger partial charge in [-0.15, -0.1) is 0 Å². The highest BCUT2D eigenvalue weighted by Crippen LogP contribution is 2.29. The predicted octanol–water partition coefficient (Wildman–Crippen LogP) is 3.60. The average Bonchev–Trinajstić information content (AvgIpc) is 3.01. The van der Waals surface area contributed by atoms with E-state index >= 15 is 0 Å². The first-order chi connectivity index (χ1) is 14.6. The lowest BCUT2D eigenvalue weighted by Crippen LogP contribution is -2.20. The van der Waals surface area contributed by atoms with Gasteiger partial charge in [-0.3, -0.25) is 0 Å². The molecule has 0 bridgehead atoms. The molecule has 0 fully saturated rings. The molecule has 4 aromatic rings. The van der Waals surface area contributed by atoms with Crippen molar-refractivity contribution in [1.29, 1.82) is 0 Å². The summed E-state index contributed by atoms with van der Waals surface area (Å²) in [6, 6.07) is 17.7. The van der Waals surface area contributed by atoms with Gasteiger partial charge in [0.15, 0.2) is 5.65 Å². The normalized spacial score (nSPS) is 12.3. The van der Waals surface area contributed by atoms with E-state index < -0.39 is 12.1 Å². The molecule has 7 heteroatoms. The van der Waals surface area contributed by atoms with Crippen molar-refractivity contribution in [2.75, 3.05) is 19.5 Å². The van der Waals surface area contributed by atoms with Gasteiger partial charge in [-0.2, -0.15) is 0 Å². The Morgan fingerprint density at radius 1 is 1.07 bits per heavy atom. The van der Waals surface area contributed by atoms with Crippen LogP contribution in [-0.2, 0) is 22.4 Å². The van der Waals surface area contributed by atoms with Crippen molar-refractivity contribution in [3.8, 4) is 0 Å². The number of nitrogens with two attached hydrogens (primary N) is 1. The van der Waals surface area contributed by atoms with Crippen LogP contribution < -0.4 is 5.73 Å². The second kappa shape index (κ2) is 8.51. The molecular formula is C23H24N4O3. The number of methoxy groups -OCH3 is 1. The lowest BCUT2D eigenvalue weighted by molar-refractivity contribution is 0.0123. The zero-order chi connectivity index (χ0) is 21.1. The van der Waals surface area contributed by atoms with Crippen LogP contribution in [0, 0.1) is 0 Å². The van der Waals surface area contributed by atoms with Gasteiger partial charge < -0.3 is 19.8 Å². The first-order valence-electron chi connectivity index (χ1n) is 9.86. The molecule has 1 atom stereocenters. The quantitative estimate of drug-likeness (QED) is 0.473. The minimum atomic E-state index is -0.523. The maximum Gasteiger partial charge on any atom is 0.344 e. The predicted molar refractivity (Wildman–Crippen MR) is 116 cm³/mol. The molecule has 2 N–H and O–H groups in total. The number of nitrogens with zero attached hydrogens (tertiary/aromatic N) is 3. The summed E-state index contributed by atoms with van der Waals surface area (Å²) in [5.41, 5.74) is 10.3. The Morgan fingerprint density at radius 3 is 2.43 bits per heavy atom. The third kappa shape index (κ3) is 3.84. The van der Waals surface area contributed by atoms with E-state index in [0.29, 0.717) is 35.7 Å². The number of benzene rings is 2. The summed E-state index contributed by atoms with van der Waals surface area (Å²) >= 11 is 0. The van der Waals surface area contributed by atoms with Crippen LogP contribution in [0.1, 0.15) is 22.8 Å². The van der Waals surface area contributed by atoms with Crippen LogP contribution >= 0.6 is 0 Å². The molecule has 0 spiro atoms. The lowest BCUT2D eigenvalue weighted by Gasteiger charge is -2.12. The maximum absolute atomic E-state index is 12.9. The Bertz CT molecular complexity index is 1190. The number of fused-ring (bicyclic) bond motifs is 2. The van der Waals surface area contributed by atoms with Gasteiger partial charge in [-0.25, -0.2) is 14.8 Å². The van der Waals surface area contributed by atoms with Gasteiger partial charge in [0.25, 0.3) is 0 Å². The number of para-hydroxylation sites is 2. The van der Waals surface area contributed by atoms with Crippen LogP contribution in [-0.4, -0.2) is 40.3 Å². The van der Waals surface area contributed by atoms with E-state index in [0.717, 1.165) is 11.9 Å². The highest BCUT2D eigenvalue weighted by Gasteiger charge is 2.26. The molecule has 0 amide bonds. The van der Waals surface area contributed by atoms with E-state index in [-0.39, 0.29) is 5.56 Å². The van der Waals surface area contributed by atoms with Crippen LogP contribution in [0.4, 0.5) is 5.82 Å². The Hall–Kier alpha value is -3.45. The highest BCUT2D eigenvalue weighted by atomic mass is 16.6. The van der Waals surface area contributed by atoms with Crippen LogP contribution in [0.5, 0.6) is 0 Å². The largest absolute Gasteiger partial charge is 0.456 e. The number of aromatic nitrogens is 3. The van der Waals surface area contributed by atoms with Gasteiger partial charge in [-0.1, -0.05) is 42.5 Å². The zero-order valence-corrected chi connectivity index (χ0v) is 17.0. The van der Waals surface area contributed by atoms with E-state index in [9.17, 15) is 4.79 Å². The number of esters is 1. The Morgan fingerprint density at radius 2 is 1.73 bits per heavy atom. The summed E-state index contributed by atoms with van der Waals surface area (Å²) < 4.78 is 12.4. The highest BCUT2D eigenvalue weighted by molar-refractivity contribution is 6.08. The molecule has 0 aliphatic rings. The van der Waals surface area contributed by atoms with Crippen molar-refractivity contribution in [2.24, 2.45) is 0 Å². The standard InChI is InChI=1S/C23H24N4O3/c1-15(14-29-2)30-23(28)19-20-22(26-18-11-7-6-10-17(18)25-20)27(21(19)24)13-12-16-8-4-3-5-9-16/h3-11,15H,12-14,24H2,1-2H3. The Labute approximate surface area is 174 Å². The topological polar surface area (TPSA) is 92.3 Å². The number of nitrogen functional groups attached to an aromatic ring is 1. The van der Waals surface area contributed by atoms with Crippen molar-refractivity contribution in [3.05, 3.63) is 65.7 Å². The van der Waals surface area contributed by atoms with E-state index in [1.165, 1.54) is 5.56 Å². The molecule has 2 heterocycles. The van der Waals surface area contributed by atoms with E-state index in [4.69, 9.17) is 25.2 Å². The third-order valence-corrected chi connectivity index (χ3v) is 4.97. The Balaban J connectivity index is 1.80. The fourth-order valence-corrected chi connectivity index (χ4v) is 3.54. The number of carbonyl (C=O) groups excluding carboxylic acids is 1. The van der Waals surface area contributed by atoms with Gasteiger partial charge >= 0.3 is 5.97 Å². The minimum Gasteiger partial charge on any atom is -0.456 e. The molecule has 2 aromatic heterocycles. The summed E-state index contributed by atoms with van der Waals surface area (Å²) in [6.45, 7) is 2.64. The smallest absolute Gasteiger partial charge is 0.344 e. The van der Waals surface area contributed by atoms with Crippen molar-refractivity contribution < 1.29 is 14.3 Å². The fourth-order valence-electron chi connectivity index (χ4n) is 3.54. The first-order valence-corrected chi connectivity index (χ1v) is 9.86. The van der Waals surface area contributed by atoms with E-state index in [2.05, 4.69) is 12.1 Å². The zero-order valence-electron chi connectivity index (χ0n) is 17.0. The summed E-state index contributed by atoms with van der Waals surface area (Å²) in [4.78, 5) is 22.4. The maximum atomic E-state index is 12.9. The van der Waals surface area contributed by atoms with Crippen LogP contribution in [0.2, 0.25) is 0 Å². The molecule has 0 saturated carbocycles. The second-order valence-electron chi connectivity index (χ2n) is 7.20. The molecule has 4 rings (SSSR count). The summed E-state index contributed by atoms with van der Waals surface area (Å²) in [5.74, 6) is -0.212. The number of carbonyl (C=O) groups is 1. The van der Waals surface area contributed by atoms with E-state index in [1.54, 1.807) is 14.0 Å². The second-order valence-corrected chi connectivity index (χ2v) is 7.20. The third-order valence-electron chi connectivity index (χ3n) is 4.97. The van der Waals surface area contributed by atoms with Crippen LogP contribution in [0.25, 0.3) is 22.2 Å². The number of anilines is 1. The van der Waals surface area contributed by atoms with Crippen molar-refractivity contribution in [2.45, 2.75) is 26.0 Å².